The number of halogens is 1. The molecular weight excluding hydrogens is 415 g/mol. The van der Waals surface area contributed by atoms with Crippen LogP contribution < -0.4 is 0 Å². The summed E-state index contributed by atoms with van der Waals surface area (Å²) in [7, 11) is 0. The summed E-state index contributed by atoms with van der Waals surface area (Å²) in [4.78, 5) is 25.8. The van der Waals surface area contributed by atoms with Crippen molar-refractivity contribution < 1.29 is 9.72 Å². The van der Waals surface area contributed by atoms with Crippen LogP contribution in [0.5, 0.6) is 0 Å². The van der Waals surface area contributed by atoms with E-state index in [0.29, 0.717) is 22.2 Å². The Morgan fingerprint density at radius 2 is 2.23 bits per heavy atom. The van der Waals surface area contributed by atoms with E-state index in [0.717, 1.165) is 4.88 Å². The Kier molecular flexibility index (Phi) is 5.67. The number of rotatable bonds is 6. The number of benzene rings is 1. The molecule has 0 saturated heterocycles. The molecule has 0 bridgehead atoms. The average molecular weight is 428 g/mol. The second kappa shape index (κ2) is 7.50. The molecule has 0 saturated carbocycles. The summed E-state index contributed by atoms with van der Waals surface area (Å²) in [6.07, 6.45) is 1.65. The van der Waals surface area contributed by atoms with E-state index in [1.807, 2.05) is 40.1 Å². The van der Waals surface area contributed by atoms with Crippen molar-refractivity contribution in [1.82, 2.24) is 4.90 Å². The van der Waals surface area contributed by atoms with Gasteiger partial charge in [-0.25, -0.2) is 0 Å². The second-order valence-electron chi connectivity index (χ2n) is 4.47. The van der Waals surface area contributed by atoms with Gasteiger partial charge in [0.15, 0.2) is 0 Å². The average Bonchev–Trinajstić information content (AvgIpc) is 2.99. The predicted octanol–water partition coefficient (Wildman–Crippen LogP) is 4.09. The molecule has 0 unspecified atom stereocenters. The van der Waals surface area contributed by atoms with Crippen LogP contribution in [0.2, 0.25) is 0 Å². The second-order valence-corrected chi connectivity index (χ2v) is 6.67. The molecule has 0 N–H and O–H groups in total. The van der Waals surface area contributed by atoms with Crippen molar-refractivity contribution in [3.63, 3.8) is 0 Å². The number of thiophene rings is 1. The highest BCUT2D eigenvalue weighted by Gasteiger charge is 2.20. The van der Waals surface area contributed by atoms with Gasteiger partial charge in [0.25, 0.3) is 11.6 Å². The quantitative estimate of drug-likeness (QED) is 0.301. The number of hydrogen-bond donors (Lipinski definition) is 0. The van der Waals surface area contributed by atoms with Crippen LogP contribution in [0.1, 0.15) is 15.2 Å². The van der Waals surface area contributed by atoms with E-state index < -0.39 is 4.92 Å². The minimum atomic E-state index is -0.496. The smallest absolute Gasteiger partial charge is 0.270 e. The highest BCUT2D eigenvalue weighted by atomic mass is 127. The first-order chi connectivity index (χ1) is 10.5. The third kappa shape index (κ3) is 3.92. The summed E-state index contributed by atoms with van der Waals surface area (Å²) >= 11 is 3.58. The lowest BCUT2D eigenvalue weighted by molar-refractivity contribution is -0.384. The van der Waals surface area contributed by atoms with E-state index >= 15 is 0 Å². The molecule has 0 atom stereocenters. The minimum Gasteiger partial charge on any atom is -0.330 e. The molecule has 0 aliphatic rings. The van der Waals surface area contributed by atoms with E-state index in [-0.39, 0.29) is 11.6 Å². The summed E-state index contributed by atoms with van der Waals surface area (Å²) in [5.41, 5.74) is 0.256. The summed E-state index contributed by atoms with van der Waals surface area (Å²) in [5.74, 6) is -0.235. The molecular formula is C15H13IN2O3S. The summed E-state index contributed by atoms with van der Waals surface area (Å²) < 4.78 is 0.688. The Balaban J connectivity index is 2.31. The fourth-order valence-electron chi connectivity index (χ4n) is 1.93. The number of hydrogen-bond acceptors (Lipinski definition) is 4. The molecule has 1 aromatic carbocycles. The highest BCUT2D eigenvalue weighted by molar-refractivity contribution is 14.1. The topological polar surface area (TPSA) is 63.5 Å². The molecule has 1 aromatic heterocycles. The number of amides is 1. The van der Waals surface area contributed by atoms with Gasteiger partial charge in [0, 0.05) is 27.1 Å². The Morgan fingerprint density at radius 1 is 1.45 bits per heavy atom. The van der Waals surface area contributed by atoms with Crippen LogP contribution in [0.25, 0.3) is 0 Å². The normalized spacial score (nSPS) is 10.2. The van der Waals surface area contributed by atoms with Gasteiger partial charge in [-0.15, -0.1) is 17.9 Å². The van der Waals surface area contributed by atoms with Crippen molar-refractivity contribution in [1.29, 1.82) is 0 Å². The lowest BCUT2D eigenvalue weighted by Gasteiger charge is -2.21. The van der Waals surface area contributed by atoms with Crippen LogP contribution >= 0.6 is 33.9 Å². The standard InChI is InChI=1S/C15H13IN2O3S/c1-2-7-17(10-12-4-3-8-22-12)15(19)13-9-11(18(20)21)5-6-14(13)16/h2-6,8-9H,1,7,10H2. The van der Waals surface area contributed by atoms with Gasteiger partial charge in [0.1, 0.15) is 0 Å². The predicted molar refractivity (Wildman–Crippen MR) is 95.1 cm³/mol. The zero-order valence-corrected chi connectivity index (χ0v) is 14.5. The number of nitro groups is 1. The Morgan fingerprint density at radius 3 is 2.82 bits per heavy atom. The number of nitrogens with zero attached hydrogens (tertiary/aromatic N) is 2. The van der Waals surface area contributed by atoms with Crippen molar-refractivity contribution in [3.05, 3.63) is 72.5 Å². The van der Waals surface area contributed by atoms with E-state index in [1.54, 1.807) is 28.4 Å². The maximum Gasteiger partial charge on any atom is 0.270 e. The van der Waals surface area contributed by atoms with E-state index in [4.69, 9.17) is 0 Å². The SMILES string of the molecule is C=CCN(Cc1cccs1)C(=O)c1cc([N+](=O)[O-])ccc1I. The molecule has 22 heavy (non-hydrogen) atoms. The molecule has 5 nitrogen and oxygen atoms in total. The van der Waals surface area contributed by atoms with Gasteiger partial charge in [0.05, 0.1) is 17.0 Å². The minimum absolute atomic E-state index is 0.0848. The molecule has 1 amide bonds. The van der Waals surface area contributed by atoms with Crippen molar-refractivity contribution in [3.8, 4) is 0 Å². The van der Waals surface area contributed by atoms with Gasteiger partial charge in [-0.3, -0.25) is 14.9 Å². The zero-order valence-electron chi connectivity index (χ0n) is 11.6. The number of carbonyl (C=O) groups excluding carboxylic acids is 1. The largest absolute Gasteiger partial charge is 0.330 e. The molecule has 2 aromatic rings. The van der Waals surface area contributed by atoms with Crippen LogP contribution in [0, 0.1) is 13.7 Å². The van der Waals surface area contributed by atoms with Crippen LogP contribution in [0.15, 0.2) is 48.4 Å². The fraction of sp³-hybridized carbons (Fsp3) is 0.133. The van der Waals surface area contributed by atoms with Crippen LogP contribution in [0.4, 0.5) is 5.69 Å². The lowest BCUT2D eigenvalue weighted by Crippen LogP contribution is -2.31. The van der Waals surface area contributed by atoms with Crippen molar-refractivity contribution in [2.24, 2.45) is 0 Å². The van der Waals surface area contributed by atoms with Crippen LogP contribution in [-0.4, -0.2) is 22.3 Å². The van der Waals surface area contributed by atoms with Crippen LogP contribution in [0.3, 0.4) is 0 Å². The van der Waals surface area contributed by atoms with E-state index in [1.165, 1.54) is 12.1 Å². The molecule has 0 aliphatic heterocycles. The third-order valence-corrected chi connectivity index (χ3v) is 4.76. The first-order valence-corrected chi connectivity index (χ1v) is 8.35. The molecule has 0 fully saturated rings. The van der Waals surface area contributed by atoms with Crippen molar-refractivity contribution >= 4 is 45.5 Å². The number of nitro benzene ring substituents is 1. The van der Waals surface area contributed by atoms with Gasteiger partial charge < -0.3 is 4.90 Å². The van der Waals surface area contributed by atoms with Crippen LogP contribution in [-0.2, 0) is 6.54 Å². The van der Waals surface area contributed by atoms with Gasteiger partial charge in [-0.05, 0) is 40.1 Å². The molecule has 2 rings (SSSR count). The zero-order chi connectivity index (χ0) is 16.1. The van der Waals surface area contributed by atoms with Gasteiger partial charge in [-0.1, -0.05) is 12.1 Å². The maximum atomic E-state index is 12.7. The third-order valence-electron chi connectivity index (χ3n) is 2.95. The fourth-order valence-corrected chi connectivity index (χ4v) is 3.21. The van der Waals surface area contributed by atoms with Gasteiger partial charge >= 0.3 is 0 Å². The Hall–Kier alpha value is -1.74. The van der Waals surface area contributed by atoms with Crippen molar-refractivity contribution in [2.45, 2.75) is 6.54 Å². The molecule has 0 radical (unpaired) electrons. The molecule has 114 valence electrons. The van der Waals surface area contributed by atoms with Gasteiger partial charge in [-0.2, -0.15) is 0 Å². The Labute approximate surface area is 145 Å². The lowest BCUT2D eigenvalue weighted by atomic mass is 10.1. The monoisotopic (exact) mass is 428 g/mol. The van der Waals surface area contributed by atoms with Gasteiger partial charge in [0.2, 0.25) is 0 Å². The molecule has 7 heteroatoms. The molecule has 1 heterocycles. The summed E-state index contributed by atoms with van der Waals surface area (Å²) in [5, 5.41) is 12.9. The highest BCUT2D eigenvalue weighted by Crippen LogP contribution is 2.22. The van der Waals surface area contributed by atoms with E-state index in [9.17, 15) is 14.9 Å². The summed E-state index contributed by atoms with van der Waals surface area (Å²) in [6.45, 7) is 4.52. The van der Waals surface area contributed by atoms with E-state index in [2.05, 4.69) is 6.58 Å². The Bertz CT molecular complexity index is 701. The van der Waals surface area contributed by atoms with Crippen molar-refractivity contribution in [2.75, 3.05) is 6.54 Å². The molecule has 0 spiro atoms. The first-order valence-electron chi connectivity index (χ1n) is 6.39. The molecule has 0 aliphatic carbocycles. The first kappa shape index (κ1) is 16.6. The summed E-state index contributed by atoms with van der Waals surface area (Å²) in [6, 6.07) is 8.19. The maximum absolute atomic E-state index is 12.7. The number of carbonyl (C=O) groups is 1. The number of non-ortho nitro benzene ring substituents is 1.